The maximum Gasteiger partial charge on any atom is 0.416 e. The van der Waals surface area contributed by atoms with Crippen LogP contribution in [0.3, 0.4) is 0 Å². The first kappa shape index (κ1) is 22.1. The maximum atomic E-state index is 12.8. The molecule has 0 radical (unpaired) electrons. The molecule has 0 unspecified atom stereocenters. The number of ether oxygens (including phenoxy) is 1. The summed E-state index contributed by atoms with van der Waals surface area (Å²) >= 11 is 0. The summed E-state index contributed by atoms with van der Waals surface area (Å²) in [6, 6.07) is 6.33. The molecule has 0 saturated heterocycles. The monoisotopic (exact) mass is 420 g/mol. The number of benzene rings is 2. The van der Waals surface area contributed by atoms with Crippen LogP contribution in [0.15, 0.2) is 42.5 Å². The molecule has 0 aliphatic rings. The number of hydrogen-bond acceptors (Lipinski definition) is 3. The van der Waals surface area contributed by atoms with E-state index in [-0.39, 0.29) is 11.8 Å². The average molecular weight is 420 g/mol. The van der Waals surface area contributed by atoms with Crippen LogP contribution in [0, 0.1) is 0 Å². The quantitative estimate of drug-likeness (QED) is 0.557. The SMILES string of the molecule is CCOc1ccc(NC(=O)C(=O)Nc2cc(C(F)(F)F)cc(C(F)(F)F)c2)cc1. The summed E-state index contributed by atoms with van der Waals surface area (Å²) in [5.74, 6) is -2.22. The van der Waals surface area contributed by atoms with Gasteiger partial charge in [-0.2, -0.15) is 26.3 Å². The Kier molecular flexibility index (Phi) is 6.40. The number of hydrogen-bond donors (Lipinski definition) is 2. The Hall–Kier alpha value is -3.24. The van der Waals surface area contributed by atoms with Crippen molar-refractivity contribution in [3.05, 3.63) is 53.6 Å². The summed E-state index contributed by atoms with van der Waals surface area (Å²) < 4.78 is 82.2. The zero-order valence-electron chi connectivity index (χ0n) is 14.7. The number of alkyl halides is 6. The van der Waals surface area contributed by atoms with Crippen LogP contribution in [0.4, 0.5) is 37.7 Å². The van der Waals surface area contributed by atoms with Crippen LogP contribution < -0.4 is 15.4 Å². The Morgan fingerprint density at radius 2 is 1.24 bits per heavy atom. The zero-order valence-corrected chi connectivity index (χ0v) is 14.7. The van der Waals surface area contributed by atoms with E-state index < -0.39 is 41.0 Å². The minimum absolute atomic E-state index is 0.0876. The van der Waals surface area contributed by atoms with E-state index in [1.165, 1.54) is 24.3 Å². The van der Waals surface area contributed by atoms with Gasteiger partial charge in [-0.05, 0) is 49.4 Å². The van der Waals surface area contributed by atoms with E-state index >= 15 is 0 Å². The molecule has 2 N–H and O–H groups in total. The van der Waals surface area contributed by atoms with Crippen molar-refractivity contribution in [2.45, 2.75) is 19.3 Å². The summed E-state index contributed by atoms with van der Waals surface area (Å²) in [5, 5.41) is 3.91. The van der Waals surface area contributed by atoms with E-state index in [9.17, 15) is 35.9 Å². The van der Waals surface area contributed by atoms with Gasteiger partial charge in [-0.25, -0.2) is 0 Å². The van der Waals surface area contributed by atoms with Gasteiger partial charge in [0.1, 0.15) is 5.75 Å². The highest BCUT2D eigenvalue weighted by Gasteiger charge is 2.37. The Morgan fingerprint density at radius 3 is 1.66 bits per heavy atom. The Bertz CT molecular complexity index is 860. The lowest BCUT2D eigenvalue weighted by Gasteiger charge is -2.14. The van der Waals surface area contributed by atoms with Gasteiger partial charge < -0.3 is 15.4 Å². The van der Waals surface area contributed by atoms with Gasteiger partial charge in [0.2, 0.25) is 0 Å². The van der Waals surface area contributed by atoms with Crippen LogP contribution in [-0.4, -0.2) is 18.4 Å². The van der Waals surface area contributed by atoms with Crippen molar-refractivity contribution in [2.24, 2.45) is 0 Å². The van der Waals surface area contributed by atoms with Crippen molar-refractivity contribution in [3.63, 3.8) is 0 Å². The number of nitrogens with one attached hydrogen (secondary N) is 2. The van der Waals surface area contributed by atoms with Gasteiger partial charge in [0.25, 0.3) is 0 Å². The van der Waals surface area contributed by atoms with Crippen LogP contribution in [0.1, 0.15) is 18.1 Å². The second-order valence-electron chi connectivity index (χ2n) is 5.66. The summed E-state index contributed by atoms with van der Waals surface area (Å²) in [6.45, 7) is 2.17. The minimum atomic E-state index is -5.08. The third-order valence-corrected chi connectivity index (χ3v) is 3.47. The molecule has 0 fully saturated rings. The van der Waals surface area contributed by atoms with Crippen molar-refractivity contribution >= 4 is 23.2 Å². The number of rotatable bonds is 4. The van der Waals surface area contributed by atoms with Crippen molar-refractivity contribution in [3.8, 4) is 5.75 Å². The minimum Gasteiger partial charge on any atom is -0.494 e. The van der Waals surface area contributed by atoms with E-state index in [0.717, 1.165) is 0 Å². The number of halogens is 6. The summed E-state index contributed by atoms with van der Waals surface area (Å²) in [4.78, 5) is 23.8. The smallest absolute Gasteiger partial charge is 0.416 e. The molecule has 156 valence electrons. The third-order valence-electron chi connectivity index (χ3n) is 3.47. The molecule has 0 atom stereocenters. The standard InChI is InChI=1S/C18H14F6N2O3/c1-2-29-14-5-3-12(4-6-14)25-15(27)16(28)26-13-8-10(17(19,20)21)7-11(9-13)18(22,23)24/h3-9H,2H2,1H3,(H,25,27)(H,26,28). The maximum absolute atomic E-state index is 12.8. The highest BCUT2D eigenvalue weighted by molar-refractivity contribution is 6.43. The van der Waals surface area contributed by atoms with E-state index in [2.05, 4.69) is 5.32 Å². The topological polar surface area (TPSA) is 67.4 Å². The lowest BCUT2D eigenvalue weighted by Crippen LogP contribution is -2.29. The van der Waals surface area contributed by atoms with E-state index in [0.29, 0.717) is 24.5 Å². The zero-order chi connectivity index (χ0) is 21.8. The molecule has 0 saturated carbocycles. The fourth-order valence-corrected chi connectivity index (χ4v) is 2.20. The molecule has 2 rings (SSSR count). The second-order valence-corrected chi connectivity index (χ2v) is 5.66. The van der Waals surface area contributed by atoms with Crippen molar-refractivity contribution < 1.29 is 40.7 Å². The number of anilines is 2. The molecule has 2 amide bonds. The lowest BCUT2D eigenvalue weighted by atomic mass is 10.1. The molecule has 5 nitrogen and oxygen atoms in total. The van der Waals surface area contributed by atoms with E-state index in [4.69, 9.17) is 4.74 Å². The van der Waals surface area contributed by atoms with E-state index in [1.807, 2.05) is 0 Å². The molecule has 0 bridgehead atoms. The molecular formula is C18H14F6N2O3. The van der Waals surface area contributed by atoms with Crippen LogP contribution in [0.25, 0.3) is 0 Å². The van der Waals surface area contributed by atoms with Gasteiger partial charge in [0.05, 0.1) is 17.7 Å². The first-order chi connectivity index (χ1) is 13.4. The van der Waals surface area contributed by atoms with Gasteiger partial charge in [-0.3, -0.25) is 9.59 Å². The predicted molar refractivity (Wildman–Crippen MR) is 91.3 cm³/mol. The van der Waals surface area contributed by atoms with Crippen LogP contribution in [0.2, 0.25) is 0 Å². The summed E-state index contributed by atoms with van der Waals surface area (Å²) in [5.41, 5.74) is -3.88. The fourth-order valence-electron chi connectivity index (χ4n) is 2.20. The molecule has 0 aromatic heterocycles. The van der Waals surface area contributed by atoms with Crippen LogP contribution in [0.5, 0.6) is 5.75 Å². The van der Waals surface area contributed by atoms with Gasteiger partial charge >= 0.3 is 24.2 Å². The highest BCUT2D eigenvalue weighted by atomic mass is 19.4. The van der Waals surface area contributed by atoms with Crippen LogP contribution in [-0.2, 0) is 21.9 Å². The fraction of sp³-hybridized carbons (Fsp3) is 0.222. The van der Waals surface area contributed by atoms with Gasteiger partial charge in [-0.1, -0.05) is 0 Å². The Balaban J connectivity index is 2.17. The molecular weight excluding hydrogens is 406 g/mol. The van der Waals surface area contributed by atoms with Gasteiger partial charge in [0, 0.05) is 11.4 Å². The number of carbonyl (C=O) groups excluding carboxylic acids is 2. The molecule has 11 heteroatoms. The van der Waals surface area contributed by atoms with Crippen molar-refractivity contribution in [1.82, 2.24) is 0 Å². The number of amides is 2. The van der Waals surface area contributed by atoms with Crippen molar-refractivity contribution in [1.29, 1.82) is 0 Å². The average Bonchev–Trinajstić information content (AvgIpc) is 2.61. The Morgan fingerprint density at radius 1 is 0.793 bits per heavy atom. The number of carbonyl (C=O) groups is 2. The molecule has 0 aliphatic heterocycles. The van der Waals surface area contributed by atoms with E-state index in [1.54, 1.807) is 12.2 Å². The van der Waals surface area contributed by atoms with Gasteiger partial charge in [-0.15, -0.1) is 0 Å². The second kappa shape index (κ2) is 8.41. The normalized spacial score (nSPS) is 11.7. The molecule has 2 aromatic rings. The lowest BCUT2D eigenvalue weighted by molar-refractivity contribution is -0.143. The first-order valence-electron chi connectivity index (χ1n) is 8.05. The summed E-state index contributed by atoms with van der Waals surface area (Å²) in [7, 11) is 0. The molecule has 0 aliphatic carbocycles. The largest absolute Gasteiger partial charge is 0.494 e. The molecule has 2 aromatic carbocycles. The van der Waals surface area contributed by atoms with Gasteiger partial charge in [0.15, 0.2) is 0 Å². The van der Waals surface area contributed by atoms with Crippen molar-refractivity contribution in [2.75, 3.05) is 17.2 Å². The first-order valence-corrected chi connectivity index (χ1v) is 8.05. The Labute approximate surface area is 160 Å². The van der Waals surface area contributed by atoms with Crippen LogP contribution >= 0.6 is 0 Å². The molecule has 0 heterocycles. The molecule has 29 heavy (non-hydrogen) atoms. The highest BCUT2D eigenvalue weighted by Crippen LogP contribution is 2.37. The third kappa shape index (κ3) is 6.13. The predicted octanol–water partition coefficient (Wildman–Crippen LogP) is 4.70. The molecule has 0 spiro atoms. The summed E-state index contributed by atoms with van der Waals surface area (Å²) in [6.07, 6.45) is -10.2.